The normalized spacial score (nSPS) is 12.5. The van der Waals surface area contributed by atoms with Crippen LogP contribution < -0.4 is 0 Å². The van der Waals surface area contributed by atoms with E-state index in [1.807, 2.05) is 19.1 Å². The van der Waals surface area contributed by atoms with E-state index in [0.29, 0.717) is 30.1 Å². The molecule has 0 saturated carbocycles. The summed E-state index contributed by atoms with van der Waals surface area (Å²) in [7, 11) is 0. The lowest BCUT2D eigenvalue weighted by Gasteiger charge is -2.12. The number of rotatable bonds is 6. The molecule has 2 nitrogen and oxygen atoms in total. The van der Waals surface area contributed by atoms with E-state index in [1.54, 1.807) is 12.1 Å². The number of ketones is 1. The van der Waals surface area contributed by atoms with Crippen molar-refractivity contribution < 1.29 is 9.59 Å². The average Bonchev–Trinajstić information content (AvgIpc) is 2.28. The lowest BCUT2D eigenvalue weighted by Crippen LogP contribution is -2.07. The van der Waals surface area contributed by atoms with Gasteiger partial charge in [-0.1, -0.05) is 45.0 Å². The van der Waals surface area contributed by atoms with Crippen LogP contribution in [0.2, 0.25) is 0 Å². The molecule has 1 aromatic carbocycles. The van der Waals surface area contributed by atoms with E-state index >= 15 is 0 Å². The molecule has 1 unspecified atom stereocenters. The molecule has 2 heteroatoms. The van der Waals surface area contributed by atoms with E-state index in [-0.39, 0.29) is 5.92 Å². The van der Waals surface area contributed by atoms with Gasteiger partial charge in [-0.15, -0.1) is 0 Å². The van der Waals surface area contributed by atoms with Crippen molar-refractivity contribution in [1.82, 2.24) is 0 Å². The van der Waals surface area contributed by atoms with Crippen molar-refractivity contribution in [2.45, 2.75) is 39.5 Å². The molecule has 0 aliphatic heterocycles. The highest BCUT2D eigenvalue weighted by Crippen LogP contribution is 2.21. The SMILES string of the molecule is CC(C)CC(=O)CC(C)c1ccc(C=O)cc1. The zero-order chi connectivity index (χ0) is 12.8. The summed E-state index contributed by atoms with van der Waals surface area (Å²) in [5.74, 6) is 0.959. The third-order valence-electron chi connectivity index (χ3n) is 2.81. The molecule has 0 aliphatic carbocycles. The molecule has 0 bridgehead atoms. The van der Waals surface area contributed by atoms with Crippen LogP contribution in [0, 0.1) is 5.92 Å². The largest absolute Gasteiger partial charge is 0.300 e. The van der Waals surface area contributed by atoms with Gasteiger partial charge in [0.05, 0.1) is 0 Å². The highest BCUT2D eigenvalue weighted by Gasteiger charge is 2.12. The molecule has 0 aromatic heterocycles. The minimum absolute atomic E-state index is 0.224. The van der Waals surface area contributed by atoms with E-state index in [1.165, 1.54) is 0 Å². The summed E-state index contributed by atoms with van der Waals surface area (Å²) in [4.78, 5) is 22.2. The van der Waals surface area contributed by atoms with Crippen molar-refractivity contribution in [3.8, 4) is 0 Å². The summed E-state index contributed by atoms with van der Waals surface area (Å²) in [6.07, 6.45) is 2.06. The van der Waals surface area contributed by atoms with Crippen molar-refractivity contribution in [2.75, 3.05) is 0 Å². The Labute approximate surface area is 103 Å². The van der Waals surface area contributed by atoms with Gasteiger partial charge in [-0.25, -0.2) is 0 Å². The molecule has 0 radical (unpaired) electrons. The van der Waals surface area contributed by atoms with Gasteiger partial charge < -0.3 is 0 Å². The molecule has 0 saturated heterocycles. The van der Waals surface area contributed by atoms with Crippen LogP contribution >= 0.6 is 0 Å². The minimum Gasteiger partial charge on any atom is -0.300 e. The van der Waals surface area contributed by atoms with E-state index in [4.69, 9.17) is 0 Å². The summed E-state index contributed by atoms with van der Waals surface area (Å²) in [6.45, 7) is 6.16. The average molecular weight is 232 g/mol. The predicted octanol–water partition coefficient (Wildman–Crippen LogP) is 3.61. The highest BCUT2D eigenvalue weighted by atomic mass is 16.1. The van der Waals surface area contributed by atoms with Crippen molar-refractivity contribution in [3.05, 3.63) is 35.4 Å². The fourth-order valence-corrected chi connectivity index (χ4v) is 1.90. The van der Waals surface area contributed by atoms with E-state index in [9.17, 15) is 9.59 Å². The van der Waals surface area contributed by atoms with Crippen molar-refractivity contribution >= 4 is 12.1 Å². The van der Waals surface area contributed by atoms with Gasteiger partial charge in [-0.05, 0) is 17.4 Å². The lowest BCUT2D eigenvalue weighted by atomic mass is 9.92. The Morgan fingerprint density at radius 2 is 1.71 bits per heavy atom. The van der Waals surface area contributed by atoms with Crippen LogP contribution in [0.4, 0.5) is 0 Å². The molecule has 0 amide bonds. The number of Topliss-reactive ketones (excluding diaryl/α,β-unsaturated/α-hetero) is 1. The van der Waals surface area contributed by atoms with Crippen LogP contribution in [0.1, 0.15) is 55.5 Å². The zero-order valence-corrected chi connectivity index (χ0v) is 10.8. The fraction of sp³-hybridized carbons (Fsp3) is 0.467. The topological polar surface area (TPSA) is 34.1 Å². The predicted molar refractivity (Wildman–Crippen MR) is 69.3 cm³/mol. The number of hydrogen-bond donors (Lipinski definition) is 0. The summed E-state index contributed by atoms with van der Waals surface area (Å²) >= 11 is 0. The van der Waals surface area contributed by atoms with Gasteiger partial charge in [0.25, 0.3) is 0 Å². The summed E-state index contributed by atoms with van der Waals surface area (Å²) in [5.41, 5.74) is 1.79. The number of hydrogen-bond acceptors (Lipinski definition) is 2. The quantitative estimate of drug-likeness (QED) is 0.702. The van der Waals surface area contributed by atoms with Crippen LogP contribution in [0.3, 0.4) is 0 Å². The number of aldehydes is 1. The van der Waals surface area contributed by atoms with Gasteiger partial charge in [-0.2, -0.15) is 0 Å². The number of carbonyl (C=O) groups excluding carboxylic acids is 2. The zero-order valence-electron chi connectivity index (χ0n) is 10.8. The van der Waals surface area contributed by atoms with Gasteiger partial charge in [0.1, 0.15) is 12.1 Å². The highest BCUT2D eigenvalue weighted by molar-refractivity contribution is 5.79. The molecule has 0 spiro atoms. The van der Waals surface area contributed by atoms with Gasteiger partial charge in [0.15, 0.2) is 0 Å². The molecule has 0 aliphatic rings. The smallest absolute Gasteiger partial charge is 0.150 e. The Balaban J connectivity index is 2.59. The van der Waals surface area contributed by atoms with Gasteiger partial charge in [-0.3, -0.25) is 9.59 Å². The summed E-state index contributed by atoms with van der Waals surface area (Å²) in [6, 6.07) is 7.45. The van der Waals surface area contributed by atoms with E-state index in [2.05, 4.69) is 13.8 Å². The second-order valence-corrected chi connectivity index (χ2v) is 5.03. The maximum atomic E-state index is 11.7. The summed E-state index contributed by atoms with van der Waals surface area (Å²) in [5, 5.41) is 0. The Kier molecular flexibility index (Phi) is 5.08. The molecule has 92 valence electrons. The number of carbonyl (C=O) groups is 2. The Hall–Kier alpha value is -1.44. The van der Waals surface area contributed by atoms with Crippen LogP contribution in [-0.4, -0.2) is 12.1 Å². The van der Waals surface area contributed by atoms with Gasteiger partial charge >= 0.3 is 0 Å². The third-order valence-corrected chi connectivity index (χ3v) is 2.81. The standard InChI is InChI=1S/C15H20O2/c1-11(2)8-15(17)9-12(3)14-6-4-13(10-16)5-7-14/h4-7,10-12H,8-9H2,1-3H3. The van der Waals surface area contributed by atoms with Gasteiger partial charge in [0, 0.05) is 18.4 Å². The molecule has 1 rings (SSSR count). The third kappa shape index (κ3) is 4.51. The van der Waals surface area contributed by atoms with E-state index < -0.39 is 0 Å². The van der Waals surface area contributed by atoms with Gasteiger partial charge in [0.2, 0.25) is 0 Å². The van der Waals surface area contributed by atoms with E-state index in [0.717, 1.165) is 11.8 Å². The first-order valence-corrected chi connectivity index (χ1v) is 6.09. The first-order valence-electron chi connectivity index (χ1n) is 6.09. The Morgan fingerprint density at radius 1 is 1.12 bits per heavy atom. The Morgan fingerprint density at radius 3 is 2.18 bits per heavy atom. The first-order chi connectivity index (χ1) is 8.02. The maximum Gasteiger partial charge on any atom is 0.150 e. The van der Waals surface area contributed by atoms with Crippen molar-refractivity contribution in [3.63, 3.8) is 0 Å². The molecular formula is C15H20O2. The van der Waals surface area contributed by atoms with Crippen LogP contribution in [0.15, 0.2) is 24.3 Å². The lowest BCUT2D eigenvalue weighted by molar-refractivity contribution is -0.120. The Bertz CT molecular complexity index is 376. The van der Waals surface area contributed by atoms with Crippen LogP contribution in [0.5, 0.6) is 0 Å². The molecule has 0 fully saturated rings. The van der Waals surface area contributed by atoms with Crippen LogP contribution in [-0.2, 0) is 4.79 Å². The number of benzene rings is 1. The second kappa shape index (κ2) is 6.33. The first kappa shape index (κ1) is 13.6. The van der Waals surface area contributed by atoms with Crippen molar-refractivity contribution in [1.29, 1.82) is 0 Å². The molecule has 17 heavy (non-hydrogen) atoms. The molecule has 1 aromatic rings. The van der Waals surface area contributed by atoms with Crippen molar-refractivity contribution in [2.24, 2.45) is 5.92 Å². The summed E-state index contributed by atoms with van der Waals surface area (Å²) < 4.78 is 0. The van der Waals surface area contributed by atoms with Crippen LogP contribution in [0.25, 0.3) is 0 Å². The second-order valence-electron chi connectivity index (χ2n) is 5.03. The molecule has 0 N–H and O–H groups in total. The fourth-order valence-electron chi connectivity index (χ4n) is 1.90. The minimum atomic E-state index is 0.224. The molecule has 0 heterocycles. The molecular weight excluding hydrogens is 212 g/mol. The molecule has 1 atom stereocenters. The maximum absolute atomic E-state index is 11.7. The monoisotopic (exact) mass is 232 g/mol.